The molecule has 0 bridgehead atoms. The van der Waals surface area contributed by atoms with Crippen molar-refractivity contribution in [2.75, 3.05) is 0 Å². The minimum atomic E-state index is -1.97. The van der Waals surface area contributed by atoms with Crippen LogP contribution in [0.3, 0.4) is 0 Å². The SMILES string of the molecule is O=S(O)c1cccc2cncc(Br)c12. The Morgan fingerprint density at radius 3 is 2.86 bits per heavy atom. The van der Waals surface area contributed by atoms with E-state index in [1.165, 1.54) is 0 Å². The summed E-state index contributed by atoms with van der Waals surface area (Å²) in [5, 5.41) is 1.59. The van der Waals surface area contributed by atoms with Crippen molar-refractivity contribution in [1.29, 1.82) is 0 Å². The first-order valence-corrected chi connectivity index (χ1v) is 5.73. The smallest absolute Gasteiger partial charge is 0.187 e. The van der Waals surface area contributed by atoms with Crippen LogP contribution in [0.15, 0.2) is 40.0 Å². The van der Waals surface area contributed by atoms with Crippen LogP contribution in [0.5, 0.6) is 0 Å². The molecule has 14 heavy (non-hydrogen) atoms. The molecule has 0 aliphatic heterocycles. The lowest BCUT2D eigenvalue weighted by atomic mass is 10.2. The normalized spacial score (nSPS) is 13.0. The number of rotatable bonds is 1. The lowest BCUT2D eigenvalue weighted by Gasteiger charge is -2.03. The Morgan fingerprint density at radius 1 is 1.36 bits per heavy atom. The van der Waals surface area contributed by atoms with Crippen LogP contribution in [-0.4, -0.2) is 13.7 Å². The van der Waals surface area contributed by atoms with Gasteiger partial charge in [-0.1, -0.05) is 12.1 Å². The van der Waals surface area contributed by atoms with Gasteiger partial charge in [-0.2, -0.15) is 0 Å². The monoisotopic (exact) mass is 271 g/mol. The largest absolute Gasteiger partial charge is 0.302 e. The highest BCUT2D eigenvalue weighted by atomic mass is 79.9. The number of benzene rings is 1. The van der Waals surface area contributed by atoms with Gasteiger partial charge in [0.25, 0.3) is 0 Å². The van der Waals surface area contributed by atoms with Crippen molar-refractivity contribution in [3.05, 3.63) is 35.1 Å². The second kappa shape index (κ2) is 3.76. The van der Waals surface area contributed by atoms with Gasteiger partial charge in [0.15, 0.2) is 11.1 Å². The van der Waals surface area contributed by atoms with Crippen molar-refractivity contribution >= 4 is 37.8 Å². The van der Waals surface area contributed by atoms with Crippen LogP contribution in [0.25, 0.3) is 10.8 Å². The molecule has 1 aromatic heterocycles. The Labute approximate surface area is 91.6 Å². The highest BCUT2D eigenvalue weighted by Crippen LogP contribution is 2.27. The van der Waals surface area contributed by atoms with Crippen LogP contribution < -0.4 is 0 Å². The fourth-order valence-electron chi connectivity index (χ4n) is 1.30. The highest BCUT2D eigenvalue weighted by Gasteiger charge is 2.08. The summed E-state index contributed by atoms with van der Waals surface area (Å²) >= 11 is 1.34. The summed E-state index contributed by atoms with van der Waals surface area (Å²) in [4.78, 5) is 4.39. The Bertz CT molecular complexity index is 510. The molecule has 72 valence electrons. The Kier molecular flexibility index (Phi) is 2.62. The maximum absolute atomic E-state index is 11.0. The molecule has 0 spiro atoms. The van der Waals surface area contributed by atoms with Gasteiger partial charge in [0, 0.05) is 27.6 Å². The average Bonchev–Trinajstić information content (AvgIpc) is 2.17. The Morgan fingerprint density at radius 2 is 2.14 bits per heavy atom. The third-order valence-corrected chi connectivity index (χ3v) is 3.20. The summed E-state index contributed by atoms with van der Waals surface area (Å²) in [7, 11) is 0. The minimum absolute atomic E-state index is 0.400. The molecule has 1 heterocycles. The van der Waals surface area contributed by atoms with Crippen LogP contribution in [-0.2, 0) is 11.1 Å². The third kappa shape index (κ3) is 1.58. The van der Waals surface area contributed by atoms with E-state index in [0.29, 0.717) is 4.90 Å². The molecule has 5 heteroatoms. The fourth-order valence-corrected chi connectivity index (χ4v) is 2.59. The third-order valence-electron chi connectivity index (χ3n) is 1.89. The lowest BCUT2D eigenvalue weighted by Crippen LogP contribution is -1.91. The van der Waals surface area contributed by atoms with Gasteiger partial charge in [0.2, 0.25) is 0 Å². The van der Waals surface area contributed by atoms with Gasteiger partial charge < -0.3 is 4.55 Å². The first kappa shape index (κ1) is 9.76. The highest BCUT2D eigenvalue weighted by molar-refractivity contribution is 9.10. The van der Waals surface area contributed by atoms with Crippen LogP contribution in [0.2, 0.25) is 0 Å². The first-order valence-electron chi connectivity index (χ1n) is 3.83. The molecule has 0 amide bonds. The molecule has 0 aliphatic carbocycles. The number of hydrogen-bond donors (Lipinski definition) is 1. The average molecular weight is 272 g/mol. The lowest BCUT2D eigenvalue weighted by molar-refractivity contribution is 0.565. The summed E-state index contributed by atoms with van der Waals surface area (Å²) in [6.07, 6.45) is 3.27. The van der Waals surface area contributed by atoms with E-state index in [4.69, 9.17) is 4.55 Å². The second-order valence-corrected chi connectivity index (χ2v) is 4.52. The Hall–Kier alpha value is -0.780. The van der Waals surface area contributed by atoms with Crippen molar-refractivity contribution in [3.8, 4) is 0 Å². The standard InChI is InChI=1S/C9H6BrNO2S/c10-7-5-11-4-6-2-1-3-8(9(6)7)14(12)13/h1-5H,(H,12,13). The second-order valence-electron chi connectivity index (χ2n) is 2.72. The molecule has 0 saturated carbocycles. The van der Waals surface area contributed by atoms with Gasteiger partial charge >= 0.3 is 0 Å². The number of halogens is 1. The molecule has 2 aromatic rings. The van der Waals surface area contributed by atoms with E-state index in [1.807, 2.05) is 6.07 Å². The minimum Gasteiger partial charge on any atom is -0.302 e. The summed E-state index contributed by atoms with van der Waals surface area (Å²) < 4.78 is 20.8. The van der Waals surface area contributed by atoms with Gasteiger partial charge in [-0.3, -0.25) is 4.98 Å². The quantitative estimate of drug-likeness (QED) is 0.812. The van der Waals surface area contributed by atoms with E-state index in [1.54, 1.807) is 24.5 Å². The van der Waals surface area contributed by atoms with Crippen molar-refractivity contribution in [3.63, 3.8) is 0 Å². The van der Waals surface area contributed by atoms with Gasteiger partial charge in [0.1, 0.15) is 0 Å². The molecule has 2 rings (SSSR count). The summed E-state index contributed by atoms with van der Waals surface area (Å²) in [6, 6.07) is 5.21. The van der Waals surface area contributed by atoms with Crippen molar-refractivity contribution in [2.24, 2.45) is 0 Å². The van der Waals surface area contributed by atoms with E-state index >= 15 is 0 Å². The number of nitrogens with zero attached hydrogens (tertiary/aromatic N) is 1. The van der Waals surface area contributed by atoms with E-state index in [9.17, 15) is 4.21 Å². The maximum Gasteiger partial charge on any atom is 0.187 e. The van der Waals surface area contributed by atoms with Crippen LogP contribution >= 0.6 is 15.9 Å². The molecule has 0 radical (unpaired) electrons. The van der Waals surface area contributed by atoms with Crippen molar-refractivity contribution in [2.45, 2.75) is 4.90 Å². The zero-order chi connectivity index (χ0) is 10.1. The topological polar surface area (TPSA) is 50.2 Å². The predicted octanol–water partition coefficient (Wildman–Crippen LogP) is 2.58. The fraction of sp³-hybridized carbons (Fsp3) is 0. The number of fused-ring (bicyclic) bond motifs is 1. The molecule has 0 fully saturated rings. The first-order chi connectivity index (χ1) is 6.70. The van der Waals surface area contributed by atoms with Crippen LogP contribution in [0.4, 0.5) is 0 Å². The van der Waals surface area contributed by atoms with E-state index in [2.05, 4.69) is 20.9 Å². The number of hydrogen-bond acceptors (Lipinski definition) is 2. The van der Waals surface area contributed by atoms with Gasteiger partial charge in [-0.25, -0.2) is 4.21 Å². The maximum atomic E-state index is 11.0. The van der Waals surface area contributed by atoms with Crippen LogP contribution in [0, 0.1) is 0 Å². The predicted molar refractivity (Wildman–Crippen MR) is 58.5 cm³/mol. The van der Waals surface area contributed by atoms with Crippen molar-refractivity contribution < 1.29 is 8.76 Å². The molecule has 1 aromatic carbocycles. The van der Waals surface area contributed by atoms with E-state index in [-0.39, 0.29) is 0 Å². The molecule has 3 nitrogen and oxygen atoms in total. The summed E-state index contributed by atoms with van der Waals surface area (Å²) in [5.41, 5.74) is 0. The molecule has 1 atom stereocenters. The zero-order valence-electron chi connectivity index (χ0n) is 6.98. The summed E-state index contributed by atoms with van der Waals surface area (Å²) in [5.74, 6) is 0. The summed E-state index contributed by atoms with van der Waals surface area (Å²) in [6.45, 7) is 0. The number of pyridine rings is 1. The van der Waals surface area contributed by atoms with Crippen LogP contribution in [0.1, 0.15) is 0 Å². The van der Waals surface area contributed by atoms with Gasteiger partial charge in [-0.05, 0) is 22.0 Å². The molecule has 1 unspecified atom stereocenters. The zero-order valence-corrected chi connectivity index (χ0v) is 9.38. The van der Waals surface area contributed by atoms with Gasteiger partial charge in [0.05, 0.1) is 4.90 Å². The van der Waals surface area contributed by atoms with E-state index in [0.717, 1.165) is 15.2 Å². The molecule has 1 N–H and O–H groups in total. The molecule has 0 aliphatic rings. The molecular formula is C9H6BrNO2S. The van der Waals surface area contributed by atoms with Crippen molar-refractivity contribution in [1.82, 2.24) is 4.98 Å². The molecular weight excluding hydrogens is 266 g/mol. The van der Waals surface area contributed by atoms with E-state index < -0.39 is 11.1 Å². The van der Waals surface area contributed by atoms with Gasteiger partial charge in [-0.15, -0.1) is 0 Å². The Balaban J connectivity index is 2.91. The molecule has 0 saturated heterocycles. The number of aromatic nitrogens is 1.